The van der Waals surface area contributed by atoms with Crippen LogP contribution in [0, 0.1) is 0 Å². The third-order valence-corrected chi connectivity index (χ3v) is 6.58. The number of hydrogen-bond donors (Lipinski definition) is 0. The monoisotopic (exact) mass is 381 g/mol. The topological polar surface area (TPSA) is 55.8 Å². The van der Waals surface area contributed by atoms with Crippen molar-refractivity contribution in [3.05, 3.63) is 53.1 Å². The molecule has 1 heterocycles. The van der Waals surface area contributed by atoms with Crippen LogP contribution in [0.5, 0.6) is 11.5 Å². The summed E-state index contributed by atoms with van der Waals surface area (Å²) in [7, 11) is -0.635. The van der Waals surface area contributed by atoms with Gasteiger partial charge in [0.25, 0.3) is 0 Å². The van der Waals surface area contributed by atoms with E-state index in [4.69, 9.17) is 21.1 Å². The number of sulfonamides is 1. The zero-order valence-corrected chi connectivity index (χ0v) is 15.7. The van der Waals surface area contributed by atoms with Crippen molar-refractivity contribution < 1.29 is 17.9 Å². The molecule has 134 valence electrons. The minimum absolute atomic E-state index is 0.185. The molecular weight excluding hydrogens is 362 g/mol. The predicted molar refractivity (Wildman–Crippen MR) is 96.9 cm³/mol. The maximum atomic E-state index is 13.2. The Bertz CT molecular complexity index is 852. The van der Waals surface area contributed by atoms with Crippen LogP contribution < -0.4 is 9.47 Å². The molecule has 0 amide bonds. The summed E-state index contributed by atoms with van der Waals surface area (Å²) in [5, 5.41) is 0.635. The van der Waals surface area contributed by atoms with Crippen LogP contribution in [-0.2, 0) is 10.0 Å². The molecule has 1 aliphatic rings. The van der Waals surface area contributed by atoms with Crippen LogP contribution in [-0.4, -0.2) is 33.5 Å². The van der Waals surface area contributed by atoms with Crippen molar-refractivity contribution in [3.63, 3.8) is 0 Å². The normalized spacial score (nSPS) is 18.3. The van der Waals surface area contributed by atoms with E-state index in [2.05, 4.69) is 0 Å². The predicted octanol–water partition coefficient (Wildman–Crippen LogP) is 3.88. The van der Waals surface area contributed by atoms with Gasteiger partial charge in [-0.15, -0.1) is 0 Å². The van der Waals surface area contributed by atoms with Gasteiger partial charge in [0.1, 0.15) is 0 Å². The Balaban J connectivity index is 1.97. The number of nitrogens with zero attached hydrogens (tertiary/aromatic N) is 1. The smallest absolute Gasteiger partial charge is 0.243 e. The Labute approximate surface area is 153 Å². The SMILES string of the molecule is COc1ccc(S(=O)(=O)N2CCC[C@@H]2c2ccc(Cl)cc2)cc1OC. The van der Waals surface area contributed by atoms with Gasteiger partial charge in [0.15, 0.2) is 11.5 Å². The standard InChI is InChI=1S/C18H20ClNO4S/c1-23-17-10-9-15(12-18(17)24-2)25(21,22)20-11-3-4-16(20)13-5-7-14(19)8-6-13/h5-10,12,16H,3-4,11H2,1-2H3/t16-/m1/s1. The fourth-order valence-electron chi connectivity index (χ4n) is 3.16. The molecule has 0 unspecified atom stereocenters. The van der Waals surface area contributed by atoms with Crippen LogP contribution in [0.15, 0.2) is 47.4 Å². The molecule has 0 saturated carbocycles. The van der Waals surface area contributed by atoms with Crippen LogP contribution in [0.1, 0.15) is 24.4 Å². The molecule has 2 aromatic rings. The van der Waals surface area contributed by atoms with Gasteiger partial charge in [0, 0.05) is 17.6 Å². The van der Waals surface area contributed by atoms with Crippen LogP contribution in [0.2, 0.25) is 5.02 Å². The number of benzene rings is 2. The van der Waals surface area contributed by atoms with E-state index in [0.717, 1.165) is 18.4 Å². The molecule has 0 N–H and O–H groups in total. The molecule has 3 rings (SSSR count). The van der Waals surface area contributed by atoms with Gasteiger partial charge in [-0.05, 0) is 42.7 Å². The summed E-state index contributed by atoms with van der Waals surface area (Å²) in [6, 6.07) is 11.8. The highest BCUT2D eigenvalue weighted by atomic mass is 35.5. The van der Waals surface area contributed by atoms with Gasteiger partial charge in [-0.3, -0.25) is 0 Å². The molecule has 25 heavy (non-hydrogen) atoms. The van der Waals surface area contributed by atoms with E-state index < -0.39 is 10.0 Å². The highest BCUT2D eigenvalue weighted by Crippen LogP contribution is 2.38. The van der Waals surface area contributed by atoms with Crippen molar-refractivity contribution in [2.45, 2.75) is 23.8 Å². The fourth-order valence-corrected chi connectivity index (χ4v) is 4.98. The third kappa shape index (κ3) is 3.47. The number of rotatable bonds is 5. The lowest BCUT2D eigenvalue weighted by Gasteiger charge is -2.25. The Hall–Kier alpha value is -1.76. The van der Waals surface area contributed by atoms with Gasteiger partial charge in [0.2, 0.25) is 10.0 Å². The highest BCUT2D eigenvalue weighted by molar-refractivity contribution is 7.89. The van der Waals surface area contributed by atoms with Gasteiger partial charge < -0.3 is 9.47 Å². The minimum atomic E-state index is -3.64. The summed E-state index contributed by atoms with van der Waals surface area (Å²) in [5.41, 5.74) is 0.950. The van der Waals surface area contributed by atoms with Crippen molar-refractivity contribution in [1.82, 2.24) is 4.31 Å². The van der Waals surface area contributed by atoms with Crippen LogP contribution in [0.25, 0.3) is 0 Å². The van der Waals surface area contributed by atoms with Gasteiger partial charge in [-0.1, -0.05) is 23.7 Å². The second-order valence-electron chi connectivity index (χ2n) is 5.84. The molecule has 5 nitrogen and oxygen atoms in total. The molecule has 1 aliphatic heterocycles. The summed E-state index contributed by atoms with van der Waals surface area (Å²) in [6.07, 6.45) is 1.61. The first-order valence-corrected chi connectivity index (χ1v) is 9.78. The third-order valence-electron chi connectivity index (χ3n) is 4.42. The molecule has 2 aromatic carbocycles. The Morgan fingerprint density at radius 3 is 2.36 bits per heavy atom. The van der Waals surface area contributed by atoms with Crippen molar-refractivity contribution >= 4 is 21.6 Å². The summed E-state index contributed by atoms with van der Waals surface area (Å²) in [6.45, 7) is 0.490. The van der Waals surface area contributed by atoms with Crippen LogP contribution >= 0.6 is 11.6 Å². The van der Waals surface area contributed by atoms with Crippen LogP contribution in [0.3, 0.4) is 0 Å². The second kappa shape index (κ2) is 7.23. The quantitative estimate of drug-likeness (QED) is 0.788. The number of methoxy groups -OCH3 is 2. The molecule has 0 radical (unpaired) electrons. The molecule has 1 fully saturated rings. The number of halogens is 1. The Kier molecular flexibility index (Phi) is 5.22. The van der Waals surface area contributed by atoms with E-state index in [9.17, 15) is 8.42 Å². The van der Waals surface area contributed by atoms with Crippen molar-refractivity contribution in [2.75, 3.05) is 20.8 Å². The molecule has 1 atom stereocenters. The fraction of sp³-hybridized carbons (Fsp3) is 0.333. The van der Waals surface area contributed by atoms with E-state index in [1.165, 1.54) is 20.3 Å². The van der Waals surface area contributed by atoms with Gasteiger partial charge >= 0.3 is 0 Å². The maximum absolute atomic E-state index is 13.2. The van der Waals surface area contributed by atoms with Gasteiger partial charge in [0.05, 0.1) is 25.2 Å². The van der Waals surface area contributed by atoms with Crippen molar-refractivity contribution in [2.24, 2.45) is 0 Å². The first kappa shape index (κ1) is 18.0. The zero-order chi connectivity index (χ0) is 18.0. The lowest BCUT2D eigenvalue weighted by Crippen LogP contribution is -2.30. The van der Waals surface area contributed by atoms with Gasteiger partial charge in [-0.25, -0.2) is 8.42 Å². The zero-order valence-electron chi connectivity index (χ0n) is 14.1. The summed E-state index contributed by atoms with van der Waals surface area (Å²) >= 11 is 5.94. The summed E-state index contributed by atoms with van der Waals surface area (Å²) in [5.74, 6) is 0.892. The first-order chi connectivity index (χ1) is 12.0. The molecule has 7 heteroatoms. The molecular formula is C18H20ClNO4S. The minimum Gasteiger partial charge on any atom is -0.493 e. The lowest BCUT2D eigenvalue weighted by atomic mass is 10.1. The molecule has 0 spiro atoms. The van der Waals surface area contributed by atoms with Crippen molar-refractivity contribution in [1.29, 1.82) is 0 Å². The molecule has 1 saturated heterocycles. The number of ether oxygens (including phenoxy) is 2. The number of hydrogen-bond acceptors (Lipinski definition) is 4. The van der Waals surface area contributed by atoms with Gasteiger partial charge in [-0.2, -0.15) is 4.31 Å². The van der Waals surface area contributed by atoms with Crippen molar-refractivity contribution in [3.8, 4) is 11.5 Å². The summed E-state index contributed by atoms with van der Waals surface area (Å²) in [4.78, 5) is 0.200. The average molecular weight is 382 g/mol. The second-order valence-corrected chi connectivity index (χ2v) is 8.17. The molecule has 0 bridgehead atoms. The van der Waals surface area contributed by atoms with E-state index in [-0.39, 0.29) is 10.9 Å². The maximum Gasteiger partial charge on any atom is 0.243 e. The van der Waals surface area contributed by atoms with E-state index in [1.807, 2.05) is 12.1 Å². The molecule has 0 aromatic heterocycles. The van der Waals surface area contributed by atoms with E-state index in [0.29, 0.717) is 23.1 Å². The Morgan fingerprint density at radius 1 is 1.04 bits per heavy atom. The lowest BCUT2D eigenvalue weighted by molar-refractivity contribution is 0.353. The largest absolute Gasteiger partial charge is 0.493 e. The summed E-state index contributed by atoms with van der Waals surface area (Å²) < 4.78 is 38.3. The first-order valence-electron chi connectivity index (χ1n) is 7.96. The average Bonchev–Trinajstić information content (AvgIpc) is 3.12. The molecule has 0 aliphatic carbocycles. The van der Waals surface area contributed by atoms with Crippen LogP contribution in [0.4, 0.5) is 0 Å². The van der Waals surface area contributed by atoms with E-state index in [1.54, 1.807) is 28.6 Å². The van der Waals surface area contributed by atoms with E-state index >= 15 is 0 Å². The Morgan fingerprint density at radius 2 is 1.72 bits per heavy atom. The highest BCUT2D eigenvalue weighted by Gasteiger charge is 2.36.